The topological polar surface area (TPSA) is 66.1 Å². The zero-order valence-corrected chi connectivity index (χ0v) is 7.87. The number of halogens is 2. The maximum Gasteiger partial charge on any atom is 0.281 e. The first-order valence-corrected chi connectivity index (χ1v) is 4.01. The lowest BCUT2D eigenvalue weighted by molar-refractivity contribution is 0.144. The van der Waals surface area contributed by atoms with Gasteiger partial charge in [-0.1, -0.05) is 0 Å². The Hall–Kier alpha value is -1.74. The normalized spacial score (nSPS) is 10.1. The quantitative estimate of drug-likeness (QED) is 0.825. The Morgan fingerprint density at radius 2 is 2.33 bits per heavy atom. The van der Waals surface area contributed by atoms with Gasteiger partial charge >= 0.3 is 0 Å². The predicted molar refractivity (Wildman–Crippen MR) is 46.4 cm³/mol. The van der Waals surface area contributed by atoms with Gasteiger partial charge in [-0.3, -0.25) is 0 Å². The van der Waals surface area contributed by atoms with Crippen LogP contribution in [0.15, 0.2) is 6.07 Å². The van der Waals surface area contributed by atoms with Crippen molar-refractivity contribution >= 4 is 0 Å². The van der Waals surface area contributed by atoms with Gasteiger partial charge in [0, 0.05) is 6.07 Å². The highest BCUT2D eigenvalue weighted by molar-refractivity contribution is 5.42. The molecule has 0 radical (unpaired) electrons. The fourth-order valence-electron chi connectivity index (χ4n) is 1.09. The second-order valence-corrected chi connectivity index (χ2v) is 2.64. The number of alkyl halides is 2. The van der Waals surface area contributed by atoms with E-state index in [2.05, 4.69) is 4.98 Å². The van der Waals surface area contributed by atoms with Gasteiger partial charge in [-0.25, -0.2) is 13.8 Å². The van der Waals surface area contributed by atoms with E-state index in [9.17, 15) is 8.78 Å². The summed E-state index contributed by atoms with van der Waals surface area (Å²) in [5.41, 5.74) is -0.895. The molecule has 0 saturated carbocycles. The third-order valence-electron chi connectivity index (χ3n) is 1.79. The first-order valence-electron chi connectivity index (χ1n) is 4.01. The first-order chi connectivity index (χ1) is 7.13. The molecule has 0 aliphatic carbocycles. The molecular weight excluding hydrogens is 206 g/mol. The van der Waals surface area contributed by atoms with Crippen molar-refractivity contribution < 1.29 is 18.6 Å². The van der Waals surface area contributed by atoms with Crippen LogP contribution in [-0.4, -0.2) is 17.2 Å². The molecule has 0 amide bonds. The summed E-state index contributed by atoms with van der Waals surface area (Å²) < 4.78 is 29.7. The predicted octanol–water partition coefficient (Wildman–Crippen LogP) is 1.39. The van der Waals surface area contributed by atoms with Gasteiger partial charge in [-0.05, 0) is 0 Å². The molecular formula is C9H8F2N2O2. The Labute approximate surface area is 84.7 Å². The summed E-state index contributed by atoms with van der Waals surface area (Å²) >= 11 is 0. The third-order valence-corrected chi connectivity index (χ3v) is 1.79. The Morgan fingerprint density at radius 1 is 1.67 bits per heavy atom. The minimum atomic E-state index is -2.85. The van der Waals surface area contributed by atoms with Gasteiger partial charge in [-0.15, -0.1) is 0 Å². The molecule has 80 valence electrons. The van der Waals surface area contributed by atoms with E-state index in [-0.39, 0.29) is 17.0 Å². The van der Waals surface area contributed by atoms with E-state index in [0.717, 1.165) is 6.07 Å². The number of hydrogen-bond donors (Lipinski definition) is 1. The molecule has 4 nitrogen and oxygen atoms in total. The van der Waals surface area contributed by atoms with Crippen molar-refractivity contribution in [3.63, 3.8) is 0 Å². The average molecular weight is 214 g/mol. The molecule has 1 aromatic rings. The summed E-state index contributed by atoms with van der Waals surface area (Å²) in [6.07, 6.45) is -2.85. The van der Waals surface area contributed by atoms with E-state index in [0.29, 0.717) is 0 Å². The lowest BCUT2D eigenvalue weighted by Crippen LogP contribution is -2.03. The maximum absolute atomic E-state index is 12.4. The third kappa shape index (κ3) is 2.19. The van der Waals surface area contributed by atoms with Crippen molar-refractivity contribution in [1.29, 1.82) is 5.26 Å². The summed E-state index contributed by atoms with van der Waals surface area (Å²) in [7, 11) is 1.30. The van der Waals surface area contributed by atoms with Crippen LogP contribution in [0.25, 0.3) is 0 Å². The number of hydrogen-bond acceptors (Lipinski definition) is 4. The Morgan fingerprint density at radius 3 is 2.73 bits per heavy atom. The van der Waals surface area contributed by atoms with Crippen LogP contribution in [0.3, 0.4) is 0 Å². The van der Waals surface area contributed by atoms with Crippen LogP contribution >= 0.6 is 0 Å². The molecule has 1 N–H and O–H groups in total. The number of aromatic nitrogens is 1. The molecule has 0 spiro atoms. The zero-order valence-electron chi connectivity index (χ0n) is 7.87. The summed E-state index contributed by atoms with van der Waals surface area (Å²) in [4.78, 5) is 3.48. The van der Waals surface area contributed by atoms with Gasteiger partial charge in [0.1, 0.15) is 23.2 Å². The van der Waals surface area contributed by atoms with Gasteiger partial charge in [0.05, 0.1) is 19.3 Å². The number of nitriles is 1. The fourth-order valence-corrected chi connectivity index (χ4v) is 1.09. The highest BCUT2D eigenvalue weighted by Crippen LogP contribution is 2.26. The van der Waals surface area contributed by atoms with Crippen molar-refractivity contribution in [3.8, 4) is 11.8 Å². The second kappa shape index (κ2) is 4.66. The highest BCUT2D eigenvalue weighted by atomic mass is 19.3. The molecule has 1 rings (SSSR count). The molecule has 0 aliphatic rings. The van der Waals surface area contributed by atoms with Crippen LogP contribution in [0, 0.1) is 11.3 Å². The van der Waals surface area contributed by atoms with Gasteiger partial charge < -0.3 is 9.84 Å². The van der Waals surface area contributed by atoms with E-state index in [1.165, 1.54) is 7.11 Å². The SMILES string of the molecule is COc1cc(C#N)c(C(F)F)nc1CO. The Bertz CT molecular complexity index is 402. The average Bonchev–Trinajstić information content (AvgIpc) is 2.26. The van der Waals surface area contributed by atoms with Crippen molar-refractivity contribution in [2.24, 2.45) is 0 Å². The lowest BCUT2D eigenvalue weighted by Gasteiger charge is -2.09. The van der Waals surface area contributed by atoms with Crippen molar-refractivity contribution in [3.05, 3.63) is 23.0 Å². The van der Waals surface area contributed by atoms with Gasteiger partial charge in [0.25, 0.3) is 6.43 Å². The molecule has 6 heteroatoms. The summed E-state index contributed by atoms with van der Waals surface area (Å²) in [5, 5.41) is 17.5. The highest BCUT2D eigenvalue weighted by Gasteiger charge is 2.18. The van der Waals surface area contributed by atoms with Crippen LogP contribution in [0.2, 0.25) is 0 Å². The smallest absolute Gasteiger partial charge is 0.281 e. The molecule has 1 aromatic heterocycles. The monoisotopic (exact) mass is 214 g/mol. The van der Waals surface area contributed by atoms with E-state index >= 15 is 0 Å². The maximum atomic E-state index is 12.4. The van der Waals surface area contributed by atoms with Crippen molar-refractivity contribution in [2.45, 2.75) is 13.0 Å². The van der Waals surface area contributed by atoms with E-state index in [4.69, 9.17) is 15.1 Å². The zero-order chi connectivity index (χ0) is 11.4. The largest absolute Gasteiger partial charge is 0.495 e. The summed E-state index contributed by atoms with van der Waals surface area (Å²) in [5.74, 6) is 0.124. The number of aliphatic hydroxyl groups is 1. The standard InChI is InChI=1S/C9H8F2N2O2/c1-15-7-2-5(3-12)8(9(10)11)13-6(7)4-14/h2,9,14H,4H2,1H3. The van der Waals surface area contributed by atoms with E-state index in [1.807, 2.05) is 0 Å². The van der Waals surface area contributed by atoms with Gasteiger partial charge in [0.2, 0.25) is 0 Å². The van der Waals surface area contributed by atoms with E-state index in [1.54, 1.807) is 6.07 Å². The number of pyridine rings is 1. The number of ether oxygens (including phenoxy) is 1. The summed E-state index contributed by atoms with van der Waals surface area (Å²) in [6, 6.07) is 2.74. The molecule has 15 heavy (non-hydrogen) atoms. The minimum Gasteiger partial charge on any atom is -0.495 e. The molecule has 0 aromatic carbocycles. The Balaban J connectivity index is 3.36. The minimum absolute atomic E-state index is 0.00759. The Kier molecular flexibility index (Phi) is 3.52. The van der Waals surface area contributed by atoms with Gasteiger partial charge in [-0.2, -0.15) is 5.26 Å². The van der Waals surface area contributed by atoms with Crippen molar-refractivity contribution in [2.75, 3.05) is 7.11 Å². The molecule has 0 bridgehead atoms. The fraction of sp³-hybridized carbons (Fsp3) is 0.333. The number of nitrogens with zero attached hydrogens (tertiary/aromatic N) is 2. The van der Waals surface area contributed by atoms with E-state index < -0.39 is 18.7 Å². The molecule has 0 unspecified atom stereocenters. The van der Waals surface area contributed by atoms with Crippen LogP contribution in [0.1, 0.15) is 23.4 Å². The summed E-state index contributed by atoms with van der Waals surface area (Å²) in [6.45, 7) is -0.519. The molecule has 0 aliphatic heterocycles. The van der Waals surface area contributed by atoms with Crippen molar-refractivity contribution in [1.82, 2.24) is 4.98 Å². The molecule has 1 heterocycles. The first kappa shape index (κ1) is 11.3. The van der Waals surface area contributed by atoms with Gasteiger partial charge in [0.15, 0.2) is 0 Å². The van der Waals surface area contributed by atoms with Crippen LogP contribution < -0.4 is 4.74 Å². The lowest BCUT2D eigenvalue weighted by atomic mass is 10.2. The second-order valence-electron chi connectivity index (χ2n) is 2.64. The number of aliphatic hydroxyl groups excluding tert-OH is 1. The molecule has 0 saturated heterocycles. The van der Waals surface area contributed by atoms with Crippen LogP contribution in [-0.2, 0) is 6.61 Å². The van der Waals surface area contributed by atoms with Crippen LogP contribution in [0.5, 0.6) is 5.75 Å². The number of methoxy groups -OCH3 is 1. The van der Waals surface area contributed by atoms with Crippen LogP contribution in [0.4, 0.5) is 8.78 Å². The molecule has 0 atom stereocenters. The number of rotatable bonds is 3. The molecule has 0 fully saturated rings.